The molecule has 0 amide bonds. The van der Waals surface area contributed by atoms with Crippen LogP contribution in [-0.4, -0.2) is 24.2 Å². The van der Waals surface area contributed by atoms with Crippen LogP contribution in [0.4, 0.5) is 4.39 Å². The fraction of sp³-hybridized carbons (Fsp3) is 0.217. The minimum Gasteiger partial charge on any atom is -0.494 e. The Morgan fingerprint density at radius 3 is 2.62 bits per heavy atom. The maximum Gasteiger partial charge on any atom is 0.283 e. The van der Waals surface area contributed by atoms with E-state index in [-0.39, 0.29) is 18.4 Å². The van der Waals surface area contributed by atoms with Crippen LogP contribution in [-0.2, 0) is 10.3 Å². The first-order valence-electron chi connectivity index (χ1n) is 9.45. The van der Waals surface area contributed by atoms with Crippen LogP contribution < -0.4 is 10.5 Å². The molecule has 1 unspecified atom stereocenters. The summed E-state index contributed by atoms with van der Waals surface area (Å²) in [5.41, 5.74) is 9.54. The monoisotopic (exact) mass is 391 g/mol. The summed E-state index contributed by atoms with van der Waals surface area (Å²) in [6.07, 6.45) is 2.83. The van der Waals surface area contributed by atoms with Crippen LogP contribution in [0.1, 0.15) is 23.6 Å². The van der Waals surface area contributed by atoms with Gasteiger partial charge >= 0.3 is 0 Å². The number of amidine groups is 1. The number of nitrogens with zero attached hydrogens (tertiary/aromatic N) is 2. The summed E-state index contributed by atoms with van der Waals surface area (Å²) in [6, 6.07) is 15.4. The lowest BCUT2D eigenvalue weighted by molar-refractivity contribution is 0.278. The predicted molar refractivity (Wildman–Crippen MR) is 110 cm³/mol. The second-order valence-electron chi connectivity index (χ2n) is 6.98. The zero-order valence-corrected chi connectivity index (χ0v) is 16.4. The van der Waals surface area contributed by atoms with Crippen molar-refractivity contribution in [2.75, 3.05) is 13.2 Å². The maximum absolute atomic E-state index is 13.7. The highest BCUT2D eigenvalue weighted by molar-refractivity contribution is 5.76. The molecule has 2 heterocycles. The van der Waals surface area contributed by atoms with Gasteiger partial charge in [-0.25, -0.2) is 9.38 Å². The van der Waals surface area contributed by atoms with E-state index in [1.54, 1.807) is 6.20 Å². The Bertz CT molecular complexity index is 1080. The van der Waals surface area contributed by atoms with Gasteiger partial charge < -0.3 is 15.2 Å². The molecule has 2 N–H and O–H groups in total. The Morgan fingerprint density at radius 1 is 1.10 bits per heavy atom. The van der Waals surface area contributed by atoms with Gasteiger partial charge in [0.25, 0.3) is 6.02 Å². The zero-order valence-electron chi connectivity index (χ0n) is 16.4. The second kappa shape index (κ2) is 7.54. The summed E-state index contributed by atoms with van der Waals surface area (Å²) >= 11 is 0. The van der Waals surface area contributed by atoms with Crippen LogP contribution in [0, 0.1) is 12.7 Å². The highest BCUT2D eigenvalue weighted by Crippen LogP contribution is 2.40. The molecule has 6 heteroatoms. The Morgan fingerprint density at radius 2 is 1.93 bits per heavy atom. The van der Waals surface area contributed by atoms with E-state index in [2.05, 4.69) is 9.98 Å². The van der Waals surface area contributed by atoms with E-state index in [0.29, 0.717) is 12.2 Å². The number of aromatic nitrogens is 1. The third-order valence-corrected chi connectivity index (χ3v) is 5.06. The standard InChI is InChI=1S/C23H22FN3O2/c1-3-28-21-8-7-19(9-15(21)2)23(14-29-22(25)27-23)18-6-4-5-16(10-18)17-11-20(24)13-26-12-17/h4-13H,3,14H2,1-2H3,(H2,25,27). The average Bonchev–Trinajstić information content (AvgIpc) is 3.13. The van der Waals surface area contributed by atoms with Gasteiger partial charge in [0.15, 0.2) is 5.54 Å². The van der Waals surface area contributed by atoms with Gasteiger partial charge in [0.1, 0.15) is 18.2 Å². The molecule has 0 bridgehead atoms. The molecule has 1 aromatic heterocycles. The fourth-order valence-electron chi connectivity index (χ4n) is 3.64. The Labute approximate surface area is 169 Å². The molecule has 2 aromatic carbocycles. The van der Waals surface area contributed by atoms with Crippen molar-refractivity contribution in [3.63, 3.8) is 0 Å². The third kappa shape index (κ3) is 3.53. The SMILES string of the molecule is CCOc1ccc(C2(c3cccc(-c4cncc(F)c4)c3)COC(N)=N2)cc1C. The molecule has 0 saturated carbocycles. The number of aliphatic imine (C=N–C) groups is 1. The summed E-state index contributed by atoms with van der Waals surface area (Å²) < 4.78 is 24.9. The smallest absolute Gasteiger partial charge is 0.283 e. The number of pyridine rings is 1. The number of ether oxygens (including phenoxy) is 2. The van der Waals surface area contributed by atoms with Gasteiger partial charge in [-0.3, -0.25) is 4.98 Å². The normalized spacial score (nSPS) is 18.2. The molecule has 3 aromatic rings. The maximum atomic E-state index is 13.7. The Balaban J connectivity index is 1.83. The molecule has 0 spiro atoms. The van der Waals surface area contributed by atoms with Gasteiger partial charge in [-0.1, -0.05) is 24.3 Å². The lowest BCUT2D eigenvalue weighted by Gasteiger charge is -2.26. The molecule has 0 aliphatic carbocycles. The molecule has 1 aliphatic heterocycles. The molecule has 1 aliphatic rings. The number of rotatable bonds is 5. The van der Waals surface area contributed by atoms with Crippen LogP contribution in [0.3, 0.4) is 0 Å². The molecule has 29 heavy (non-hydrogen) atoms. The van der Waals surface area contributed by atoms with Crippen LogP contribution in [0.2, 0.25) is 0 Å². The van der Waals surface area contributed by atoms with Crippen molar-refractivity contribution in [2.45, 2.75) is 19.4 Å². The molecular weight excluding hydrogens is 369 g/mol. The molecule has 0 saturated heterocycles. The minimum absolute atomic E-state index is 0.148. The van der Waals surface area contributed by atoms with Gasteiger partial charge in [-0.2, -0.15) is 0 Å². The third-order valence-electron chi connectivity index (χ3n) is 5.06. The lowest BCUT2D eigenvalue weighted by atomic mass is 9.82. The van der Waals surface area contributed by atoms with Crippen molar-refractivity contribution < 1.29 is 13.9 Å². The Kier molecular flexibility index (Phi) is 4.92. The van der Waals surface area contributed by atoms with Gasteiger partial charge in [0, 0.05) is 11.8 Å². The second-order valence-corrected chi connectivity index (χ2v) is 6.98. The molecule has 148 valence electrons. The van der Waals surface area contributed by atoms with Crippen LogP contribution >= 0.6 is 0 Å². The summed E-state index contributed by atoms with van der Waals surface area (Å²) in [7, 11) is 0. The van der Waals surface area contributed by atoms with Crippen molar-refractivity contribution in [1.29, 1.82) is 0 Å². The van der Waals surface area contributed by atoms with E-state index in [1.165, 1.54) is 12.3 Å². The van der Waals surface area contributed by atoms with Crippen molar-refractivity contribution >= 4 is 6.02 Å². The van der Waals surface area contributed by atoms with E-state index in [1.807, 2.05) is 56.3 Å². The van der Waals surface area contributed by atoms with E-state index in [0.717, 1.165) is 28.0 Å². The summed E-state index contributed by atoms with van der Waals surface area (Å²) in [4.78, 5) is 8.62. The van der Waals surface area contributed by atoms with Crippen molar-refractivity contribution in [3.05, 3.63) is 83.4 Å². The molecule has 1 atom stereocenters. The molecule has 0 fully saturated rings. The molecule has 0 radical (unpaired) electrons. The fourth-order valence-corrected chi connectivity index (χ4v) is 3.64. The van der Waals surface area contributed by atoms with Gasteiger partial charge in [-0.15, -0.1) is 0 Å². The first-order chi connectivity index (χ1) is 14.0. The van der Waals surface area contributed by atoms with Crippen LogP contribution in [0.25, 0.3) is 11.1 Å². The Hall–Kier alpha value is -3.41. The van der Waals surface area contributed by atoms with Crippen molar-refractivity contribution in [1.82, 2.24) is 4.98 Å². The highest BCUT2D eigenvalue weighted by atomic mass is 19.1. The summed E-state index contributed by atoms with van der Waals surface area (Å²) in [5.74, 6) is 0.457. The number of benzene rings is 2. The number of halogens is 1. The summed E-state index contributed by atoms with van der Waals surface area (Å²) in [6.45, 7) is 4.84. The van der Waals surface area contributed by atoms with E-state index in [4.69, 9.17) is 15.2 Å². The van der Waals surface area contributed by atoms with Crippen molar-refractivity contribution in [2.24, 2.45) is 10.7 Å². The molecular formula is C23H22FN3O2. The topological polar surface area (TPSA) is 69.7 Å². The van der Waals surface area contributed by atoms with Crippen LogP contribution in [0.5, 0.6) is 5.75 Å². The minimum atomic E-state index is -0.781. The van der Waals surface area contributed by atoms with E-state index < -0.39 is 5.54 Å². The predicted octanol–water partition coefficient (Wildman–Crippen LogP) is 4.18. The number of aryl methyl sites for hydroxylation is 1. The van der Waals surface area contributed by atoms with E-state index in [9.17, 15) is 4.39 Å². The molecule has 4 rings (SSSR count). The van der Waals surface area contributed by atoms with Crippen molar-refractivity contribution in [3.8, 4) is 16.9 Å². The largest absolute Gasteiger partial charge is 0.494 e. The number of hydrogen-bond acceptors (Lipinski definition) is 5. The number of hydrogen-bond donors (Lipinski definition) is 1. The quantitative estimate of drug-likeness (QED) is 0.708. The number of nitrogens with two attached hydrogens (primary N) is 1. The first kappa shape index (κ1) is 18.9. The highest BCUT2D eigenvalue weighted by Gasteiger charge is 2.40. The van der Waals surface area contributed by atoms with Gasteiger partial charge in [-0.05, 0) is 60.4 Å². The van der Waals surface area contributed by atoms with Crippen LogP contribution in [0.15, 0.2) is 65.9 Å². The first-order valence-corrected chi connectivity index (χ1v) is 9.45. The van der Waals surface area contributed by atoms with Gasteiger partial charge in [0.2, 0.25) is 0 Å². The zero-order chi connectivity index (χ0) is 20.4. The lowest BCUT2D eigenvalue weighted by Crippen LogP contribution is -2.27. The average molecular weight is 391 g/mol. The summed E-state index contributed by atoms with van der Waals surface area (Å²) in [5, 5.41) is 0. The van der Waals surface area contributed by atoms with E-state index >= 15 is 0 Å². The molecule has 5 nitrogen and oxygen atoms in total. The van der Waals surface area contributed by atoms with Gasteiger partial charge in [0.05, 0.1) is 12.8 Å².